The molecular formula is C36H48N6O8. The van der Waals surface area contributed by atoms with Crippen molar-refractivity contribution in [3.05, 3.63) is 71.8 Å². The fourth-order valence-corrected chi connectivity index (χ4v) is 5.78. The Labute approximate surface area is 292 Å². The Kier molecular flexibility index (Phi) is 14.9. The van der Waals surface area contributed by atoms with E-state index in [0.29, 0.717) is 0 Å². The summed E-state index contributed by atoms with van der Waals surface area (Å²) in [6.45, 7) is 6.41. The summed E-state index contributed by atoms with van der Waals surface area (Å²) in [5.74, 6) is -4.12. The van der Waals surface area contributed by atoms with Gasteiger partial charge in [-0.15, -0.1) is 0 Å². The van der Waals surface area contributed by atoms with E-state index in [1.165, 1.54) is 11.8 Å². The van der Waals surface area contributed by atoms with Crippen LogP contribution in [0.2, 0.25) is 0 Å². The van der Waals surface area contributed by atoms with Crippen LogP contribution in [0.5, 0.6) is 0 Å². The standard InChI is InChI=1S/C36H48N6O8/c1-5-50-31(45)17-16-29-32(36(49)42(29)21-30(44)39-26(33(37)46)19-24-12-8-6-9-13-24)41-35(48)27(18-22(2)3)40-34(47)28(38-23(4)43)20-25-14-10-7-11-15-25/h6-15,22,26-29,32H,5,16-21H2,1-4H3,(H2,37,46)(H,38,43)(H,39,44)(H,40,47)(H,41,48)/t26-,27-,28?,29+,32-/m0/s1. The summed E-state index contributed by atoms with van der Waals surface area (Å²) in [5.41, 5.74) is 7.13. The van der Waals surface area contributed by atoms with E-state index in [0.717, 1.165) is 11.1 Å². The van der Waals surface area contributed by atoms with Gasteiger partial charge in [-0.3, -0.25) is 33.6 Å². The Morgan fingerprint density at radius 1 is 0.820 bits per heavy atom. The molecule has 14 nitrogen and oxygen atoms in total. The highest BCUT2D eigenvalue weighted by Gasteiger charge is 2.49. The zero-order valence-electron chi connectivity index (χ0n) is 29.0. The van der Waals surface area contributed by atoms with Gasteiger partial charge in [-0.05, 0) is 36.8 Å². The number of hydrogen-bond donors (Lipinski definition) is 5. The second kappa shape index (κ2) is 19.1. The molecule has 2 aromatic rings. The van der Waals surface area contributed by atoms with Crippen LogP contribution in [0.3, 0.4) is 0 Å². The maximum absolute atomic E-state index is 13.7. The highest BCUT2D eigenvalue weighted by atomic mass is 16.5. The first-order chi connectivity index (χ1) is 23.8. The second-order valence-corrected chi connectivity index (χ2v) is 12.7. The number of benzene rings is 2. The molecule has 1 saturated heterocycles. The van der Waals surface area contributed by atoms with Gasteiger partial charge in [0.05, 0.1) is 19.2 Å². The third-order valence-electron chi connectivity index (χ3n) is 8.17. The molecule has 14 heteroatoms. The minimum absolute atomic E-state index is 0.0367. The largest absolute Gasteiger partial charge is 0.466 e. The van der Waals surface area contributed by atoms with Crippen molar-refractivity contribution in [3.8, 4) is 0 Å². The first-order valence-electron chi connectivity index (χ1n) is 16.8. The molecule has 1 aliphatic rings. The minimum atomic E-state index is -1.09. The first kappa shape index (κ1) is 39.2. The van der Waals surface area contributed by atoms with Gasteiger partial charge in [-0.25, -0.2) is 0 Å². The van der Waals surface area contributed by atoms with Gasteiger partial charge >= 0.3 is 5.97 Å². The summed E-state index contributed by atoms with van der Waals surface area (Å²) >= 11 is 0. The summed E-state index contributed by atoms with van der Waals surface area (Å²) in [5, 5.41) is 10.7. The van der Waals surface area contributed by atoms with Crippen LogP contribution in [0.25, 0.3) is 0 Å². The quantitative estimate of drug-likeness (QED) is 0.103. The molecule has 1 fully saturated rings. The van der Waals surface area contributed by atoms with Crippen LogP contribution in [-0.4, -0.2) is 89.7 Å². The highest BCUT2D eigenvalue weighted by Crippen LogP contribution is 2.25. The van der Waals surface area contributed by atoms with Crippen molar-refractivity contribution in [2.24, 2.45) is 11.7 Å². The minimum Gasteiger partial charge on any atom is -0.466 e. The van der Waals surface area contributed by atoms with Gasteiger partial charge < -0.3 is 36.6 Å². The molecule has 1 heterocycles. The molecule has 2 aromatic carbocycles. The molecule has 1 unspecified atom stereocenters. The van der Waals surface area contributed by atoms with Gasteiger partial charge in [0.15, 0.2) is 0 Å². The van der Waals surface area contributed by atoms with E-state index >= 15 is 0 Å². The normalized spacial score (nSPS) is 17.1. The van der Waals surface area contributed by atoms with Crippen LogP contribution in [-0.2, 0) is 51.1 Å². The molecule has 6 N–H and O–H groups in total. The smallest absolute Gasteiger partial charge is 0.305 e. The van der Waals surface area contributed by atoms with E-state index < -0.39 is 78.2 Å². The third-order valence-corrected chi connectivity index (χ3v) is 8.17. The van der Waals surface area contributed by atoms with Gasteiger partial charge in [0.1, 0.15) is 24.2 Å². The van der Waals surface area contributed by atoms with Crippen molar-refractivity contribution >= 4 is 41.4 Å². The van der Waals surface area contributed by atoms with Crippen molar-refractivity contribution in [2.75, 3.05) is 13.2 Å². The predicted molar refractivity (Wildman–Crippen MR) is 184 cm³/mol. The zero-order chi connectivity index (χ0) is 36.8. The molecule has 5 atom stereocenters. The average molecular weight is 693 g/mol. The van der Waals surface area contributed by atoms with Gasteiger partial charge in [0.25, 0.3) is 0 Å². The maximum Gasteiger partial charge on any atom is 0.305 e. The first-order valence-corrected chi connectivity index (χ1v) is 16.8. The van der Waals surface area contributed by atoms with Gasteiger partial charge in [0, 0.05) is 26.2 Å². The Hall–Kier alpha value is -5.27. The summed E-state index contributed by atoms with van der Waals surface area (Å²) in [4.78, 5) is 91.1. The molecule has 6 amide bonds. The molecular weight excluding hydrogens is 644 g/mol. The van der Waals surface area contributed by atoms with Crippen molar-refractivity contribution in [2.45, 2.75) is 90.0 Å². The summed E-state index contributed by atoms with van der Waals surface area (Å²) < 4.78 is 5.04. The monoisotopic (exact) mass is 692 g/mol. The topological polar surface area (TPSA) is 206 Å². The van der Waals surface area contributed by atoms with Crippen molar-refractivity contribution in [3.63, 3.8) is 0 Å². The van der Waals surface area contributed by atoms with Crippen LogP contribution < -0.4 is 27.0 Å². The number of nitrogens with two attached hydrogens (primary N) is 1. The second-order valence-electron chi connectivity index (χ2n) is 12.7. The summed E-state index contributed by atoms with van der Waals surface area (Å²) in [7, 11) is 0. The van der Waals surface area contributed by atoms with Crippen molar-refractivity contribution in [1.29, 1.82) is 0 Å². The molecule has 0 radical (unpaired) electrons. The SMILES string of the molecule is CCOC(=O)CC[C@@H]1[C@H](NC(=O)[C@H](CC(C)C)NC(=O)C(Cc2ccccc2)NC(C)=O)C(=O)N1CC(=O)N[C@@H](Cc1ccccc1)C(N)=O. The van der Waals surface area contributed by atoms with Crippen LogP contribution >= 0.6 is 0 Å². The van der Waals surface area contributed by atoms with E-state index in [2.05, 4.69) is 21.3 Å². The van der Waals surface area contributed by atoms with Gasteiger partial charge in [-0.1, -0.05) is 74.5 Å². The number of carbonyl (C=O) groups excluding carboxylic acids is 7. The lowest BCUT2D eigenvalue weighted by molar-refractivity contribution is -0.158. The molecule has 0 spiro atoms. The number of β-lactam (4-membered cyclic amide) rings is 1. The molecule has 270 valence electrons. The number of primary amides is 1. The summed E-state index contributed by atoms with van der Waals surface area (Å²) in [6.07, 6.45) is 0.565. The van der Waals surface area contributed by atoms with E-state index in [1.54, 1.807) is 31.2 Å². The number of carbonyl (C=O) groups is 7. The summed E-state index contributed by atoms with van der Waals surface area (Å²) in [6, 6.07) is 13.2. The number of amides is 6. The van der Waals surface area contributed by atoms with E-state index in [9.17, 15) is 33.6 Å². The number of hydrogen-bond acceptors (Lipinski definition) is 8. The molecule has 0 bridgehead atoms. The van der Waals surface area contributed by atoms with E-state index in [-0.39, 0.29) is 44.6 Å². The highest BCUT2D eigenvalue weighted by molar-refractivity contribution is 5.99. The van der Waals surface area contributed by atoms with Gasteiger partial charge in [0.2, 0.25) is 35.4 Å². The molecule has 3 rings (SSSR count). The maximum atomic E-state index is 13.7. The number of esters is 1. The van der Waals surface area contributed by atoms with Crippen molar-refractivity contribution in [1.82, 2.24) is 26.2 Å². The lowest BCUT2D eigenvalue weighted by Gasteiger charge is -2.47. The van der Waals surface area contributed by atoms with Crippen LogP contribution in [0.15, 0.2) is 60.7 Å². The van der Waals surface area contributed by atoms with E-state index in [1.807, 2.05) is 50.2 Å². The third kappa shape index (κ3) is 12.0. The zero-order valence-corrected chi connectivity index (χ0v) is 29.0. The number of ether oxygens (including phenoxy) is 1. The fraction of sp³-hybridized carbons (Fsp3) is 0.472. The Morgan fingerprint density at radius 3 is 1.92 bits per heavy atom. The Bertz CT molecular complexity index is 1500. The molecule has 0 saturated carbocycles. The van der Waals surface area contributed by atoms with Crippen LogP contribution in [0, 0.1) is 5.92 Å². The number of likely N-dealkylation sites (tertiary alicyclic amines) is 1. The van der Waals surface area contributed by atoms with Crippen LogP contribution in [0.1, 0.15) is 58.1 Å². The molecule has 0 aliphatic carbocycles. The Balaban J connectivity index is 1.74. The predicted octanol–water partition coefficient (Wildman–Crippen LogP) is 0.516. The molecule has 50 heavy (non-hydrogen) atoms. The average Bonchev–Trinajstić information content (AvgIpc) is 3.06. The van der Waals surface area contributed by atoms with Crippen molar-refractivity contribution < 1.29 is 38.3 Å². The van der Waals surface area contributed by atoms with Crippen LogP contribution in [0.4, 0.5) is 0 Å². The Morgan fingerprint density at radius 2 is 1.40 bits per heavy atom. The number of nitrogens with one attached hydrogen (secondary N) is 4. The number of rotatable bonds is 19. The van der Waals surface area contributed by atoms with Gasteiger partial charge in [-0.2, -0.15) is 0 Å². The molecule has 1 aliphatic heterocycles. The van der Waals surface area contributed by atoms with E-state index in [4.69, 9.17) is 10.5 Å². The molecule has 0 aromatic heterocycles. The fourth-order valence-electron chi connectivity index (χ4n) is 5.78. The number of nitrogens with zero attached hydrogens (tertiary/aromatic N) is 1. The lowest BCUT2D eigenvalue weighted by atomic mass is 9.90. The lowest BCUT2D eigenvalue weighted by Crippen LogP contribution is -2.73.